The van der Waals surface area contributed by atoms with E-state index in [4.69, 9.17) is 0 Å². The molecule has 1 saturated carbocycles. The lowest BCUT2D eigenvalue weighted by Crippen LogP contribution is -2.60. The van der Waals surface area contributed by atoms with Gasteiger partial charge in [-0.2, -0.15) is 13.1 Å². The number of nitrogens with one attached hydrogen (secondary N) is 3. The molecule has 1 heterocycles. The normalized spacial score (nSPS) is 27.4. The Kier molecular flexibility index (Phi) is 4.31. The zero-order valence-electron chi connectivity index (χ0n) is 11.3. The first-order chi connectivity index (χ1) is 8.41. The molecule has 2 aliphatic rings. The second kappa shape index (κ2) is 5.45. The van der Waals surface area contributed by atoms with Crippen LogP contribution in [-0.2, 0) is 10.2 Å². The Balaban J connectivity index is 1.84. The van der Waals surface area contributed by atoms with Crippen molar-refractivity contribution in [2.75, 3.05) is 13.1 Å². The zero-order valence-corrected chi connectivity index (χ0v) is 12.1. The fourth-order valence-electron chi connectivity index (χ4n) is 2.78. The van der Waals surface area contributed by atoms with E-state index in [-0.39, 0.29) is 11.6 Å². The second-order valence-corrected chi connectivity index (χ2v) is 7.65. The SMILES string of the molecule is CC(C)CNS(=O)(=O)NC1CCNC2(CCC2)C1. The molecule has 106 valence electrons. The Bertz CT molecular complexity index is 377. The summed E-state index contributed by atoms with van der Waals surface area (Å²) in [5, 5.41) is 3.54. The molecule has 0 aromatic heterocycles. The van der Waals surface area contributed by atoms with E-state index in [1.165, 1.54) is 19.3 Å². The monoisotopic (exact) mass is 275 g/mol. The smallest absolute Gasteiger partial charge is 0.277 e. The molecule has 5 nitrogen and oxygen atoms in total. The van der Waals surface area contributed by atoms with Gasteiger partial charge in [-0.15, -0.1) is 0 Å². The Morgan fingerprint density at radius 2 is 2.11 bits per heavy atom. The second-order valence-electron chi connectivity index (χ2n) is 6.11. The van der Waals surface area contributed by atoms with Gasteiger partial charge in [0.25, 0.3) is 10.2 Å². The van der Waals surface area contributed by atoms with Gasteiger partial charge >= 0.3 is 0 Å². The number of hydrogen-bond acceptors (Lipinski definition) is 3. The van der Waals surface area contributed by atoms with E-state index in [2.05, 4.69) is 14.8 Å². The highest BCUT2D eigenvalue weighted by molar-refractivity contribution is 7.87. The van der Waals surface area contributed by atoms with E-state index in [1.807, 2.05) is 13.8 Å². The highest BCUT2D eigenvalue weighted by Crippen LogP contribution is 2.38. The molecule has 0 radical (unpaired) electrons. The molecule has 18 heavy (non-hydrogen) atoms. The van der Waals surface area contributed by atoms with Gasteiger partial charge < -0.3 is 5.32 Å². The number of rotatable bonds is 5. The van der Waals surface area contributed by atoms with E-state index in [0.29, 0.717) is 12.5 Å². The molecule has 6 heteroatoms. The molecule has 1 spiro atoms. The standard InChI is InChI=1S/C12H25N3O2S/c1-10(2)9-14-18(16,17)15-11-4-7-13-12(8-11)5-3-6-12/h10-11,13-15H,3-9H2,1-2H3. The molecule has 1 atom stereocenters. The molecule has 2 fully saturated rings. The van der Waals surface area contributed by atoms with Crippen LogP contribution < -0.4 is 14.8 Å². The van der Waals surface area contributed by atoms with Gasteiger partial charge in [0.05, 0.1) is 0 Å². The van der Waals surface area contributed by atoms with Gasteiger partial charge in [-0.1, -0.05) is 13.8 Å². The summed E-state index contributed by atoms with van der Waals surface area (Å²) in [7, 11) is -3.34. The average molecular weight is 275 g/mol. The first kappa shape index (κ1) is 14.2. The molecular formula is C12H25N3O2S. The molecule has 0 bridgehead atoms. The summed E-state index contributed by atoms with van der Waals surface area (Å²) in [5.74, 6) is 0.326. The first-order valence-corrected chi connectivity index (χ1v) is 8.41. The van der Waals surface area contributed by atoms with Crippen LogP contribution in [-0.4, -0.2) is 33.1 Å². The summed E-state index contributed by atoms with van der Waals surface area (Å²) in [4.78, 5) is 0. The molecular weight excluding hydrogens is 250 g/mol. The fourth-order valence-corrected chi connectivity index (χ4v) is 4.06. The van der Waals surface area contributed by atoms with Crippen LogP contribution >= 0.6 is 0 Å². The molecule has 1 saturated heterocycles. The van der Waals surface area contributed by atoms with Crippen molar-refractivity contribution in [2.45, 2.75) is 57.5 Å². The van der Waals surface area contributed by atoms with Gasteiger partial charge in [0, 0.05) is 18.1 Å². The number of hydrogen-bond donors (Lipinski definition) is 3. The van der Waals surface area contributed by atoms with E-state index < -0.39 is 10.2 Å². The predicted molar refractivity (Wildman–Crippen MR) is 72.5 cm³/mol. The van der Waals surface area contributed by atoms with Crippen LogP contribution in [0.3, 0.4) is 0 Å². The number of piperidine rings is 1. The van der Waals surface area contributed by atoms with Crippen molar-refractivity contribution >= 4 is 10.2 Å². The van der Waals surface area contributed by atoms with Crippen LogP contribution in [0.15, 0.2) is 0 Å². The van der Waals surface area contributed by atoms with E-state index in [1.54, 1.807) is 0 Å². The maximum Gasteiger partial charge on any atom is 0.277 e. The first-order valence-electron chi connectivity index (χ1n) is 6.93. The van der Waals surface area contributed by atoms with Crippen molar-refractivity contribution in [3.8, 4) is 0 Å². The average Bonchev–Trinajstić information content (AvgIpc) is 2.24. The van der Waals surface area contributed by atoms with Crippen molar-refractivity contribution in [1.82, 2.24) is 14.8 Å². The summed E-state index contributed by atoms with van der Waals surface area (Å²) in [6, 6.07) is 0.0798. The molecule has 0 amide bonds. The Hall–Kier alpha value is -0.170. The summed E-state index contributed by atoms with van der Waals surface area (Å²) < 4.78 is 29.2. The summed E-state index contributed by atoms with van der Waals surface area (Å²) in [5.41, 5.74) is 0.226. The molecule has 0 aromatic carbocycles. The van der Waals surface area contributed by atoms with E-state index in [9.17, 15) is 8.42 Å². The molecule has 1 aliphatic heterocycles. The zero-order chi connectivity index (χ0) is 13.2. The topological polar surface area (TPSA) is 70.2 Å². The quantitative estimate of drug-likeness (QED) is 0.693. The van der Waals surface area contributed by atoms with Crippen LogP contribution in [0.25, 0.3) is 0 Å². The lowest BCUT2D eigenvalue weighted by molar-refractivity contribution is 0.126. The van der Waals surface area contributed by atoms with Crippen LogP contribution in [0.4, 0.5) is 0 Å². The Morgan fingerprint density at radius 1 is 1.39 bits per heavy atom. The predicted octanol–water partition coefficient (Wildman–Crippen LogP) is 0.741. The van der Waals surface area contributed by atoms with Crippen molar-refractivity contribution < 1.29 is 8.42 Å². The van der Waals surface area contributed by atoms with Crippen LogP contribution in [0.2, 0.25) is 0 Å². The van der Waals surface area contributed by atoms with Gasteiger partial charge in [-0.05, 0) is 44.6 Å². The summed E-state index contributed by atoms with van der Waals surface area (Å²) >= 11 is 0. The largest absolute Gasteiger partial charge is 0.311 e. The fraction of sp³-hybridized carbons (Fsp3) is 1.00. The van der Waals surface area contributed by atoms with E-state index in [0.717, 1.165) is 19.4 Å². The minimum absolute atomic E-state index is 0.0798. The lowest BCUT2D eigenvalue weighted by Gasteiger charge is -2.48. The Labute approximate surface area is 110 Å². The van der Waals surface area contributed by atoms with Gasteiger partial charge in [0.1, 0.15) is 0 Å². The molecule has 1 unspecified atom stereocenters. The molecule has 2 rings (SSSR count). The van der Waals surface area contributed by atoms with Gasteiger partial charge in [-0.25, -0.2) is 4.72 Å². The maximum absolute atomic E-state index is 11.9. The van der Waals surface area contributed by atoms with Crippen molar-refractivity contribution in [3.63, 3.8) is 0 Å². The van der Waals surface area contributed by atoms with Crippen molar-refractivity contribution in [3.05, 3.63) is 0 Å². The van der Waals surface area contributed by atoms with Crippen LogP contribution in [0.1, 0.15) is 46.0 Å². The molecule has 3 N–H and O–H groups in total. The summed E-state index contributed by atoms with van der Waals surface area (Å²) in [6.45, 7) is 5.40. The van der Waals surface area contributed by atoms with Gasteiger partial charge in [-0.3, -0.25) is 0 Å². The highest BCUT2D eigenvalue weighted by atomic mass is 32.2. The minimum Gasteiger partial charge on any atom is -0.311 e. The highest BCUT2D eigenvalue weighted by Gasteiger charge is 2.41. The Morgan fingerprint density at radius 3 is 2.67 bits per heavy atom. The molecule has 1 aliphatic carbocycles. The van der Waals surface area contributed by atoms with Crippen LogP contribution in [0.5, 0.6) is 0 Å². The third-order valence-corrected chi connectivity index (χ3v) is 5.13. The lowest BCUT2D eigenvalue weighted by atomic mass is 9.70. The third kappa shape index (κ3) is 3.66. The van der Waals surface area contributed by atoms with Crippen molar-refractivity contribution in [2.24, 2.45) is 5.92 Å². The van der Waals surface area contributed by atoms with Gasteiger partial charge in [0.15, 0.2) is 0 Å². The maximum atomic E-state index is 11.9. The molecule has 0 aromatic rings. The van der Waals surface area contributed by atoms with Gasteiger partial charge in [0.2, 0.25) is 0 Å². The third-order valence-electron chi connectivity index (χ3n) is 3.94. The summed E-state index contributed by atoms with van der Waals surface area (Å²) in [6.07, 6.45) is 5.44. The van der Waals surface area contributed by atoms with Crippen molar-refractivity contribution in [1.29, 1.82) is 0 Å². The minimum atomic E-state index is -3.34. The van der Waals surface area contributed by atoms with Crippen LogP contribution in [0, 0.1) is 5.92 Å². The van der Waals surface area contributed by atoms with E-state index >= 15 is 0 Å².